The van der Waals surface area contributed by atoms with E-state index in [2.05, 4.69) is 10.0 Å². The topological polar surface area (TPSA) is 82.9 Å². The summed E-state index contributed by atoms with van der Waals surface area (Å²) in [5.41, 5.74) is 10.2. The fourth-order valence-electron chi connectivity index (χ4n) is 2.20. The van der Waals surface area contributed by atoms with Gasteiger partial charge in [0.15, 0.2) is 11.6 Å². The summed E-state index contributed by atoms with van der Waals surface area (Å²) in [5.74, 6) is -0.405. The van der Waals surface area contributed by atoms with Crippen molar-refractivity contribution in [2.24, 2.45) is 5.11 Å². The second kappa shape index (κ2) is 4.08. The molecule has 1 aliphatic rings. The van der Waals surface area contributed by atoms with Gasteiger partial charge in [-0.3, -0.25) is 9.59 Å². The van der Waals surface area contributed by atoms with E-state index in [1.807, 2.05) is 0 Å². The molecule has 0 spiro atoms. The van der Waals surface area contributed by atoms with Gasteiger partial charge >= 0.3 is 0 Å². The number of hydrogen-bond donors (Lipinski definition) is 0. The number of carbonyl (C=O) groups is 2. The summed E-state index contributed by atoms with van der Waals surface area (Å²) in [4.78, 5) is 27.3. The number of ketones is 2. The van der Waals surface area contributed by atoms with Crippen LogP contribution in [-0.4, -0.2) is 11.6 Å². The largest absolute Gasteiger partial charge is 0.289 e. The average Bonchev–Trinajstić information content (AvgIpc) is 2.45. The molecular weight excluding hydrogens is 242 g/mol. The quantitative estimate of drug-likeness (QED) is 0.376. The van der Waals surface area contributed by atoms with Crippen LogP contribution in [0.2, 0.25) is 0 Å². The van der Waals surface area contributed by atoms with Gasteiger partial charge in [-0.15, -0.1) is 0 Å². The number of azide groups is 1. The van der Waals surface area contributed by atoms with Crippen LogP contribution in [0.3, 0.4) is 0 Å². The molecule has 0 N–H and O–H groups in total. The number of rotatable bonds is 1. The van der Waals surface area contributed by atoms with Gasteiger partial charge in [-0.2, -0.15) is 0 Å². The SMILES string of the molecule is [N-]=[N+]=Nc1ccc2c(c1)C(=O)c1ccccc1C2=O. The highest BCUT2D eigenvalue weighted by Gasteiger charge is 2.29. The molecule has 0 aliphatic heterocycles. The van der Waals surface area contributed by atoms with Crippen molar-refractivity contribution in [3.05, 3.63) is 75.2 Å². The molecule has 0 saturated carbocycles. The molecule has 0 amide bonds. The first-order valence-corrected chi connectivity index (χ1v) is 5.60. The molecule has 0 atom stereocenters. The van der Waals surface area contributed by atoms with Crippen LogP contribution < -0.4 is 0 Å². The van der Waals surface area contributed by atoms with E-state index < -0.39 is 0 Å². The minimum atomic E-state index is -0.222. The highest BCUT2D eigenvalue weighted by Crippen LogP contribution is 2.29. The molecule has 0 fully saturated rings. The van der Waals surface area contributed by atoms with Crippen LogP contribution in [-0.2, 0) is 0 Å². The highest BCUT2D eigenvalue weighted by atomic mass is 16.1. The maximum atomic E-state index is 12.3. The molecule has 19 heavy (non-hydrogen) atoms. The highest BCUT2D eigenvalue weighted by molar-refractivity contribution is 6.28. The lowest BCUT2D eigenvalue weighted by atomic mass is 9.84. The molecule has 1 aliphatic carbocycles. The van der Waals surface area contributed by atoms with E-state index in [4.69, 9.17) is 5.53 Å². The minimum Gasteiger partial charge on any atom is -0.289 e. The molecule has 0 radical (unpaired) electrons. The second-order valence-corrected chi connectivity index (χ2v) is 4.12. The van der Waals surface area contributed by atoms with Crippen LogP contribution in [0.4, 0.5) is 5.69 Å². The van der Waals surface area contributed by atoms with E-state index in [1.54, 1.807) is 24.3 Å². The Labute approximate surface area is 108 Å². The van der Waals surface area contributed by atoms with Crippen LogP contribution in [0, 0.1) is 0 Å². The van der Waals surface area contributed by atoms with E-state index in [0.29, 0.717) is 22.4 Å². The van der Waals surface area contributed by atoms with Crippen molar-refractivity contribution in [1.82, 2.24) is 0 Å². The van der Waals surface area contributed by atoms with Gasteiger partial charge in [-0.25, -0.2) is 0 Å². The van der Waals surface area contributed by atoms with Crippen LogP contribution >= 0.6 is 0 Å². The zero-order valence-electron chi connectivity index (χ0n) is 9.70. The number of nitrogens with zero attached hydrogens (tertiary/aromatic N) is 3. The number of carbonyl (C=O) groups excluding carboxylic acids is 2. The van der Waals surface area contributed by atoms with E-state index in [1.165, 1.54) is 18.2 Å². The first kappa shape index (κ1) is 11.2. The van der Waals surface area contributed by atoms with E-state index in [9.17, 15) is 9.59 Å². The predicted molar refractivity (Wildman–Crippen MR) is 68.6 cm³/mol. The molecule has 90 valence electrons. The average molecular weight is 249 g/mol. The van der Waals surface area contributed by atoms with E-state index in [-0.39, 0.29) is 17.1 Å². The van der Waals surface area contributed by atoms with Crippen LogP contribution in [0.15, 0.2) is 47.6 Å². The second-order valence-electron chi connectivity index (χ2n) is 4.12. The summed E-state index contributed by atoms with van der Waals surface area (Å²) >= 11 is 0. The Balaban J connectivity index is 2.26. The third-order valence-corrected chi connectivity index (χ3v) is 3.07. The Bertz CT molecular complexity index is 774. The summed E-state index contributed by atoms with van der Waals surface area (Å²) in [7, 11) is 0. The van der Waals surface area contributed by atoms with Crippen molar-refractivity contribution in [2.45, 2.75) is 0 Å². The molecule has 0 unspecified atom stereocenters. The van der Waals surface area contributed by atoms with Gasteiger partial charge < -0.3 is 0 Å². The standard InChI is InChI=1S/C14H7N3O2/c15-17-16-8-5-6-11-12(7-8)14(19)10-4-2-1-3-9(10)13(11)18/h1-7H. The molecule has 0 saturated heterocycles. The summed E-state index contributed by atoms with van der Waals surface area (Å²) in [6, 6.07) is 11.2. The minimum absolute atomic E-state index is 0.183. The first-order valence-electron chi connectivity index (χ1n) is 5.60. The normalized spacial score (nSPS) is 12.4. The lowest BCUT2D eigenvalue weighted by Crippen LogP contribution is -2.20. The Kier molecular flexibility index (Phi) is 2.41. The van der Waals surface area contributed by atoms with Crippen LogP contribution in [0.5, 0.6) is 0 Å². The Morgan fingerprint density at radius 2 is 1.42 bits per heavy atom. The molecule has 2 aromatic carbocycles. The number of benzene rings is 2. The van der Waals surface area contributed by atoms with Crippen LogP contribution in [0.1, 0.15) is 31.8 Å². The van der Waals surface area contributed by atoms with Gasteiger partial charge in [-0.05, 0) is 17.7 Å². The van der Waals surface area contributed by atoms with Crippen LogP contribution in [0.25, 0.3) is 10.4 Å². The maximum Gasteiger partial charge on any atom is 0.194 e. The van der Waals surface area contributed by atoms with Crippen molar-refractivity contribution in [2.75, 3.05) is 0 Å². The summed E-state index contributed by atoms with van der Waals surface area (Å²) in [6.45, 7) is 0. The molecule has 3 rings (SSSR count). The van der Waals surface area contributed by atoms with Gasteiger partial charge in [-0.1, -0.05) is 35.4 Å². The van der Waals surface area contributed by atoms with Crippen molar-refractivity contribution >= 4 is 17.3 Å². The Morgan fingerprint density at radius 3 is 2.05 bits per heavy atom. The molecule has 0 aromatic heterocycles. The van der Waals surface area contributed by atoms with Crippen molar-refractivity contribution in [1.29, 1.82) is 0 Å². The van der Waals surface area contributed by atoms with E-state index in [0.717, 1.165) is 0 Å². The zero-order valence-corrected chi connectivity index (χ0v) is 9.70. The summed E-state index contributed by atoms with van der Waals surface area (Å²) in [6.07, 6.45) is 0. The van der Waals surface area contributed by atoms with Gasteiger partial charge in [0, 0.05) is 32.9 Å². The van der Waals surface area contributed by atoms with Crippen molar-refractivity contribution in [3.63, 3.8) is 0 Å². The third kappa shape index (κ3) is 1.61. The molecule has 2 aromatic rings. The maximum absolute atomic E-state index is 12.3. The number of fused-ring (bicyclic) bond motifs is 2. The monoisotopic (exact) mass is 249 g/mol. The molecular formula is C14H7N3O2. The van der Waals surface area contributed by atoms with Crippen molar-refractivity contribution < 1.29 is 9.59 Å². The predicted octanol–water partition coefficient (Wildman–Crippen LogP) is 3.40. The van der Waals surface area contributed by atoms with Gasteiger partial charge in [0.05, 0.1) is 0 Å². The lowest BCUT2D eigenvalue weighted by Gasteiger charge is -2.17. The fraction of sp³-hybridized carbons (Fsp3) is 0. The molecule has 0 heterocycles. The lowest BCUT2D eigenvalue weighted by molar-refractivity contribution is 0.0979. The zero-order chi connectivity index (χ0) is 13.4. The van der Waals surface area contributed by atoms with E-state index >= 15 is 0 Å². The molecule has 0 bridgehead atoms. The number of hydrogen-bond acceptors (Lipinski definition) is 3. The fourth-order valence-corrected chi connectivity index (χ4v) is 2.20. The van der Waals surface area contributed by atoms with Gasteiger partial charge in [0.2, 0.25) is 0 Å². The van der Waals surface area contributed by atoms with Crippen molar-refractivity contribution in [3.8, 4) is 0 Å². The summed E-state index contributed by atoms with van der Waals surface area (Å²) in [5, 5.41) is 3.45. The summed E-state index contributed by atoms with van der Waals surface area (Å²) < 4.78 is 0. The molecule has 5 heteroatoms. The van der Waals surface area contributed by atoms with Gasteiger partial charge in [0.1, 0.15) is 0 Å². The first-order chi connectivity index (χ1) is 9.22. The Hall–Kier alpha value is -2.91. The molecule has 5 nitrogen and oxygen atoms in total. The smallest absolute Gasteiger partial charge is 0.194 e. The Morgan fingerprint density at radius 1 is 0.842 bits per heavy atom. The van der Waals surface area contributed by atoms with Gasteiger partial charge in [0.25, 0.3) is 0 Å². The third-order valence-electron chi connectivity index (χ3n) is 3.07.